The van der Waals surface area contributed by atoms with E-state index < -0.39 is 0 Å². The summed E-state index contributed by atoms with van der Waals surface area (Å²) in [7, 11) is 0. The van der Waals surface area contributed by atoms with E-state index in [4.69, 9.17) is 13.1 Å². The molecule has 0 amide bonds. The standard InChI is InChI=1S/C36H16Br2N4S2/c1-17-9-31(37)43-35(17)19-5-7-21-23-13-28-24(14-27(23)33(25(21)11-19)29(15-39)41-3)22-8-6-20(36-18(2)10-32(38)44-36)12-26(22)34(28)30(16-40)42-4/h5-14H,1-2H3/b33-29-,34-30+. The van der Waals surface area contributed by atoms with Gasteiger partial charge >= 0.3 is 0 Å². The summed E-state index contributed by atoms with van der Waals surface area (Å²) in [6.07, 6.45) is 0. The van der Waals surface area contributed by atoms with Crippen molar-refractivity contribution in [3.05, 3.63) is 136 Å². The quantitative estimate of drug-likeness (QED) is 0.131. The Morgan fingerprint density at radius 3 is 1.30 bits per heavy atom. The van der Waals surface area contributed by atoms with E-state index in [1.54, 1.807) is 22.7 Å². The van der Waals surface area contributed by atoms with E-state index in [-0.39, 0.29) is 11.4 Å². The Morgan fingerprint density at radius 2 is 0.977 bits per heavy atom. The van der Waals surface area contributed by atoms with Gasteiger partial charge in [-0.05, 0) is 149 Å². The molecule has 44 heavy (non-hydrogen) atoms. The molecule has 2 aliphatic carbocycles. The third-order valence-electron chi connectivity index (χ3n) is 8.06. The molecular weight excluding hydrogens is 712 g/mol. The zero-order valence-electron chi connectivity index (χ0n) is 23.1. The number of aryl methyl sites for hydroxylation is 2. The lowest BCUT2D eigenvalue weighted by molar-refractivity contribution is 1.49. The normalized spacial score (nSPS) is 14.4. The van der Waals surface area contributed by atoms with Gasteiger partial charge in [-0.2, -0.15) is 0 Å². The van der Waals surface area contributed by atoms with Crippen LogP contribution in [0.3, 0.4) is 0 Å². The molecule has 4 nitrogen and oxygen atoms in total. The molecular formula is C36H16Br2N4S2. The Bertz CT molecular complexity index is 2180. The van der Waals surface area contributed by atoms with Crippen molar-refractivity contribution in [1.29, 1.82) is 10.5 Å². The summed E-state index contributed by atoms with van der Waals surface area (Å²) >= 11 is 10.5. The van der Waals surface area contributed by atoms with Crippen molar-refractivity contribution in [2.45, 2.75) is 13.8 Å². The van der Waals surface area contributed by atoms with Gasteiger partial charge in [0.25, 0.3) is 11.4 Å². The molecule has 7 rings (SSSR count). The molecule has 0 N–H and O–H groups in total. The summed E-state index contributed by atoms with van der Waals surface area (Å²) in [5.41, 5.74) is 12.5. The third kappa shape index (κ3) is 4.16. The second kappa shape index (κ2) is 10.6. The van der Waals surface area contributed by atoms with Crippen LogP contribution in [-0.2, 0) is 0 Å². The smallest absolute Gasteiger partial charge is 0.226 e. The van der Waals surface area contributed by atoms with E-state index >= 15 is 0 Å². The minimum absolute atomic E-state index is 0.0353. The predicted octanol–water partition coefficient (Wildman–Crippen LogP) is 11.7. The van der Waals surface area contributed by atoms with Gasteiger partial charge in [-0.3, -0.25) is 0 Å². The molecule has 2 heterocycles. The number of benzene rings is 3. The number of halogens is 2. The summed E-state index contributed by atoms with van der Waals surface area (Å²) in [6, 6.07) is 24.9. The Hall–Kier alpha value is -4.54. The topological polar surface area (TPSA) is 56.3 Å². The number of fused-ring (bicyclic) bond motifs is 6. The zero-order chi connectivity index (χ0) is 30.9. The van der Waals surface area contributed by atoms with Gasteiger partial charge in [0.1, 0.15) is 0 Å². The molecule has 2 aliphatic rings. The Kier molecular flexibility index (Phi) is 6.78. The van der Waals surface area contributed by atoms with Gasteiger partial charge in [0.2, 0.25) is 0 Å². The number of allylic oxidation sites excluding steroid dienone is 2. The first kappa shape index (κ1) is 28.2. The molecule has 0 unspecified atom stereocenters. The van der Waals surface area contributed by atoms with E-state index in [1.165, 1.54) is 0 Å². The summed E-state index contributed by atoms with van der Waals surface area (Å²) in [4.78, 5) is 9.53. The SMILES string of the molecule is [C-]#[N+]/C(C#N)=C1/c2cc(-c3sc(Br)cc3C)ccc2-c2cc3c(cc21)-c1ccc(-c2sc(Br)cc2C)cc1/C3=C(/C#N)[N+]#[C-]. The summed E-state index contributed by atoms with van der Waals surface area (Å²) in [5.74, 6) is 0. The fourth-order valence-corrected chi connectivity index (χ4v) is 9.70. The molecule has 0 aliphatic heterocycles. The molecule has 5 aromatic rings. The fraction of sp³-hybridized carbons (Fsp3) is 0.0556. The van der Waals surface area contributed by atoms with E-state index in [0.717, 1.165) is 84.1 Å². The maximum absolute atomic E-state index is 10.1. The van der Waals surface area contributed by atoms with Crippen LogP contribution in [0.4, 0.5) is 0 Å². The third-order valence-corrected chi connectivity index (χ3v) is 11.6. The van der Waals surface area contributed by atoms with Crippen LogP contribution in [0.25, 0.3) is 64.0 Å². The highest BCUT2D eigenvalue weighted by atomic mass is 79.9. The van der Waals surface area contributed by atoms with Crippen LogP contribution in [-0.4, -0.2) is 0 Å². The second-order valence-electron chi connectivity index (χ2n) is 10.5. The van der Waals surface area contributed by atoms with Crippen molar-refractivity contribution in [3.63, 3.8) is 0 Å². The van der Waals surface area contributed by atoms with Gasteiger partial charge in [-0.15, -0.1) is 22.7 Å². The van der Waals surface area contributed by atoms with Crippen LogP contribution in [0.15, 0.2) is 79.6 Å². The van der Waals surface area contributed by atoms with E-state index in [9.17, 15) is 10.5 Å². The van der Waals surface area contributed by atoms with Gasteiger partial charge in [0.05, 0.1) is 32.9 Å². The largest absolute Gasteiger partial charge is 0.270 e. The predicted molar refractivity (Wildman–Crippen MR) is 185 cm³/mol. The molecule has 0 spiro atoms. The van der Waals surface area contributed by atoms with Crippen molar-refractivity contribution in [2.75, 3.05) is 0 Å². The Balaban J connectivity index is 1.50. The number of nitrogens with zero attached hydrogens (tertiary/aromatic N) is 4. The molecule has 0 atom stereocenters. The van der Waals surface area contributed by atoms with Crippen molar-refractivity contribution < 1.29 is 0 Å². The zero-order valence-corrected chi connectivity index (χ0v) is 27.9. The maximum atomic E-state index is 10.1. The molecule has 0 bridgehead atoms. The van der Waals surface area contributed by atoms with Gasteiger partial charge in [0.15, 0.2) is 0 Å². The molecule has 206 valence electrons. The number of rotatable bonds is 2. The first-order valence-corrected chi connectivity index (χ1v) is 16.5. The Labute approximate surface area is 279 Å². The van der Waals surface area contributed by atoms with Crippen molar-refractivity contribution in [1.82, 2.24) is 0 Å². The minimum atomic E-state index is 0.0353. The lowest BCUT2D eigenvalue weighted by Gasteiger charge is -2.09. The van der Waals surface area contributed by atoms with Crippen molar-refractivity contribution in [3.8, 4) is 55.3 Å². The van der Waals surface area contributed by atoms with Crippen LogP contribution in [0.1, 0.15) is 33.4 Å². The monoisotopic (exact) mass is 726 g/mol. The lowest BCUT2D eigenvalue weighted by atomic mass is 9.95. The number of hydrogen-bond acceptors (Lipinski definition) is 4. The molecule has 8 heteroatoms. The first-order chi connectivity index (χ1) is 21.3. The molecule has 0 fully saturated rings. The van der Waals surface area contributed by atoms with Crippen molar-refractivity contribution >= 4 is 65.7 Å². The van der Waals surface area contributed by atoms with E-state index in [1.807, 2.05) is 12.1 Å². The second-order valence-corrected chi connectivity index (χ2v) is 15.3. The average molecular weight is 728 g/mol. The number of hydrogen-bond donors (Lipinski definition) is 0. The summed E-state index contributed by atoms with van der Waals surface area (Å²) < 4.78 is 2.08. The highest BCUT2D eigenvalue weighted by molar-refractivity contribution is 9.11. The number of nitriles is 2. The van der Waals surface area contributed by atoms with Crippen LogP contribution in [0.5, 0.6) is 0 Å². The fourth-order valence-electron chi connectivity index (χ4n) is 6.25. The highest BCUT2D eigenvalue weighted by Crippen LogP contribution is 2.55. The molecule has 3 aromatic carbocycles. The van der Waals surface area contributed by atoms with E-state index in [0.29, 0.717) is 11.1 Å². The van der Waals surface area contributed by atoms with Crippen LogP contribution in [0, 0.1) is 49.7 Å². The van der Waals surface area contributed by atoms with Gasteiger partial charge in [-0.1, -0.05) is 24.3 Å². The average Bonchev–Trinajstić information content (AvgIpc) is 3.73. The highest BCUT2D eigenvalue weighted by Gasteiger charge is 2.34. The van der Waals surface area contributed by atoms with Crippen LogP contribution in [0.2, 0.25) is 0 Å². The Morgan fingerprint density at radius 1 is 0.591 bits per heavy atom. The van der Waals surface area contributed by atoms with Gasteiger partial charge in [-0.25, -0.2) is 20.2 Å². The minimum Gasteiger partial charge on any atom is -0.226 e. The van der Waals surface area contributed by atoms with Crippen LogP contribution < -0.4 is 0 Å². The molecule has 0 radical (unpaired) electrons. The van der Waals surface area contributed by atoms with Crippen molar-refractivity contribution in [2.24, 2.45) is 0 Å². The van der Waals surface area contributed by atoms with Crippen LogP contribution >= 0.6 is 54.5 Å². The summed E-state index contributed by atoms with van der Waals surface area (Å²) in [5, 5.41) is 20.1. The molecule has 2 aromatic heterocycles. The van der Waals surface area contributed by atoms with Gasteiger partial charge < -0.3 is 0 Å². The maximum Gasteiger partial charge on any atom is 0.270 e. The molecule has 0 saturated carbocycles. The summed E-state index contributed by atoms with van der Waals surface area (Å²) in [6.45, 7) is 19.9. The first-order valence-electron chi connectivity index (χ1n) is 13.3. The number of thiophene rings is 2. The lowest BCUT2D eigenvalue weighted by Crippen LogP contribution is -1.89. The van der Waals surface area contributed by atoms with Gasteiger partial charge in [0, 0.05) is 20.9 Å². The molecule has 0 saturated heterocycles. The van der Waals surface area contributed by atoms with E-state index in [2.05, 4.69) is 116 Å².